The average Bonchev–Trinajstić information content (AvgIpc) is 2.98. The van der Waals surface area contributed by atoms with Gasteiger partial charge in [-0.15, -0.1) is 36.2 Å². The number of nitrogens with zero attached hydrogens (tertiary/aromatic N) is 3. The SMILES string of the molecule is C[C@H](N)c1nc2ccn(C)c2cc1-c1cscn1.Cl.Cl. The molecule has 1 atom stereocenters. The summed E-state index contributed by atoms with van der Waals surface area (Å²) in [6.07, 6.45) is 2.01. The van der Waals surface area contributed by atoms with Crippen molar-refractivity contribution in [1.82, 2.24) is 14.5 Å². The van der Waals surface area contributed by atoms with Gasteiger partial charge in [0.2, 0.25) is 0 Å². The first-order valence-corrected chi connectivity index (χ1v) is 6.71. The Labute approximate surface area is 133 Å². The maximum absolute atomic E-state index is 6.02. The van der Waals surface area contributed by atoms with E-state index < -0.39 is 0 Å². The molecule has 0 spiro atoms. The van der Waals surface area contributed by atoms with Crippen LogP contribution in [-0.4, -0.2) is 14.5 Å². The number of aryl methyl sites for hydroxylation is 1. The molecular weight excluding hydrogens is 315 g/mol. The smallest absolute Gasteiger partial charge is 0.0885 e. The van der Waals surface area contributed by atoms with Crippen LogP contribution in [0.2, 0.25) is 0 Å². The summed E-state index contributed by atoms with van der Waals surface area (Å²) in [5.74, 6) is 0. The largest absolute Gasteiger partial charge is 0.349 e. The van der Waals surface area contributed by atoms with Gasteiger partial charge in [0, 0.05) is 30.2 Å². The topological polar surface area (TPSA) is 56.7 Å². The van der Waals surface area contributed by atoms with Crippen LogP contribution in [0.5, 0.6) is 0 Å². The van der Waals surface area contributed by atoms with Crippen molar-refractivity contribution in [3.05, 3.63) is 34.9 Å². The minimum atomic E-state index is -0.105. The summed E-state index contributed by atoms with van der Waals surface area (Å²) >= 11 is 1.58. The Morgan fingerprint density at radius 2 is 2.10 bits per heavy atom. The molecule has 2 N–H and O–H groups in total. The number of halogens is 2. The van der Waals surface area contributed by atoms with E-state index in [1.54, 1.807) is 11.3 Å². The highest BCUT2D eigenvalue weighted by Gasteiger charge is 2.14. The monoisotopic (exact) mass is 330 g/mol. The van der Waals surface area contributed by atoms with Crippen LogP contribution in [0.3, 0.4) is 0 Å². The molecule has 0 fully saturated rings. The van der Waals surface area contributed by atoms with E-state index in [-0.39, 0.29) is 30.9 Å². The van der Waals surface area contributed by atoms with E-state index in [0.29, 0.717) is 0 Å². The van der Waals surface area contributed by atoms with Crippen LogP contribution in [0, 0.1) is 0 Å². The van der Waals surface area contributed by atoms with Crippen molar-refractivity contribution < 1.29 is 0 Å². The summed E-state index contributed by atoms with van der Waals surface area (Å²) in [5, 5.41) is 2.03. The molecule has 4 nitrogen and oxygen atoms in total. The van der Waals surface area contributed by atoms with Crippen molar-refractivity contribution in [1.29, 1.82) is 0 Å². The zero-order chi connectivity index (χ0) is 12.7. The Morgan fingerprint density at radius 1 is 1.35 bits per heavy atom. The summed E-state index contributed by atoms with van der Waals surface area (Å²) in [5.41, 5.74) is 12.8. The number of fused-ring (bicyclic) bond motifs is 1. The van der Waals surface area contributed by atoms with Crippen molar-refractivity contribution in [2.75, 3.05) is 0 Å². The third kappa shape index (κ3) is 2.81. The van der Waals surface area contributed by atoms with Gasteiger partial charge in [0.25, 0.3) is 0 Å². The second-order valence-corrected chi connectivity index (χ2v) is 5.13. The number of aromatic nitrogens is 3. The molecule has 7 heteroatoms. The molecule has 3 heterocycles. The van der Waals surface area contributed by atoms with Crippen LogP contribution in [0.1, 0.15) is 18.7 Å². The molecule has 3 rings (SSSR count). The lowest BCUT2D eigenvalue weighted by atomic mass is 10.1. The van der Waals surface area contributed by atoms with Crippen molar-refractivity contribution in [3.8, 4) is 11.3 Å². The predicted molar refractivity (Wildman–Crippen MR) is 88.9 cm³/mol. The summed E-state index contributed by atoms with van der Waals surface area (Å²) in [4.78, 5) is 9.03. The summed E-state index contributed by atoms with van der Waals surface area (Å²) in [7, 11) is 2.01. The zero-order valence-corrected chi connectivity index (χ0v) is 13.6. The Morgan fingerprint density at radius 3 is 2.70 bits per heavy atom. The van der Waals surface area contributed by atoms with Gasteiger partial charge < -0.3 is 10.3 Å². The van der Waals surface area contributed by atoms with Gasteiger partial charge in [0.05, 0.1) is 27.9 Å². The molecule has 0 saturated heterocycles. The first-order chi connectivity index (χ1) is 8.66. The molecule has 108 valence electrons. The second-order valence-electron chi connectivity index (χ2n) is 4.41. The van der Waals surface area contributed by atoms with Gasteiger partial charge in [0.1, 0.15) is 0 Å². The van der Waals surface area contributed by atoms with Crippen molar-refractivity contribution >= 4 is 47.2 Å². The minimum Gasteiger partial charge on any atom is -0.349 e. The highest BCUT2D eigenvalue weighted by molar-refractivity contribution is 7.07. The second kappa shape index (κ2) is 6.54. The van der Waals surface area contributed by atoms with Crippen LogP contribution < -0.4 is 5.73 Å². The molecule has 0 aromatic carbocycles. The van der Waals surface area contributed by atoms with Crippen LogP contribution in [-0.2, 0) is 7.05 Å². The average molecular weight is 331 g/mol. The lowest BCUT2D eigenvalue weighted by molar-refractivity contribution is 0.788. The van der Waals surface area contributed by atoms with E-state index in [0.717, 1.165) is 28.0 Å². The van der Waals surface area contributed by atoms with Crippen LogP contribution >= 0.6 is 36.2 Å². The Hall–Kier alpha value is -1.14. The number of nitrogens with two attached hydrogens (primary N) is 1. The van der Waals surface area contributed by atoms with Crippen LogP contribution in [0.15, 0.2) is 29.2 Å². The maximum Gasteiger partial charge on any atom is 0.0885 e. The lowest BCUT2D eigenvalue weighted by Gasteiger charge is -2.11. The molecule has 3 aromatic rings. The van der Waals surface area contributed by atoms with E-state index in [1.165, 1.54) is 0 Å². The summed E-state index contributed by atoms with van der Waals surface area (Å²) < 4.78 is 2.06. The van der Waals surface area contributed by atoms with Gasteiger partial charge >= 0.3 is 0 Å². The molecule has 0 amide bonds. The quantitative estimate of drug-likeness (QED) is 0.781. The molecule has 0 radical (unpaired) electrons. The third-order valence-corrected chi connectivity index (χ3v) is 3.62. The highest BCUT2D eigenvalue weighted by atomic mass is 35.5. The molecule has 0 bridgehead atoms. The number of thiazole rings is 1. The lowest BCUT2D eigenvalue weighted by Crippen LogP contribution is -2.09. The highest BCUT2D eigenvalue weighted by Crippen LogP contribution is 2.29. The Kier molecular flexibility index (Phi) is 5.53. The Balaban J connectivity index is 0.000001000. The fourth-order valence-corrected chi connectivity index (χ4v) is 2.65. The van der Waals surface area contributed by atoms with E-state index in [4.69, 9.17) is 5.73 Å². The van der Waals surface area contributed by atoms with Crippen molar-refractivity contribution in [3.63, 3.8) is 0 Å². The molecule has 0 saturated carbocycles. The number of hydrogen-bond donors (Lipinski definition) is 1. The van der Waals surface area contributed by atoms with Gasteiger partial charge in [-0.25, -0.2) is 9.97 Å². The molecule has 0 unspecified atom stereocenters. The van der Waals surface area contributed by atoms with Gasteiger partial charge in [0.15, 0.2) is 0 Å². The first-order valence-electron chi connectivity index (χ1n) is 5.77. The van der Waals surface area contributed by atoms with Gasteiger partial charge in [-0.1, -0.05) is 0 Å². The first kappa shape index (κ1) is 16.9. The van der Waals surface area contributed by atoms with Crippen LogP contribution in [0.4, 0.5) is 0 Å². The molecule has 0 aliphatic heterocycles. The Bertz CT molecular complexity index is 692. The van der Waals surface area contributed by atoms with Crippen LogP contribution in [0.25, 0.3) is 22.3 Å². The van der Waals surface area contributed by atoms with E-state index in [2.05, 4.69) is 20.6 Å². The van der Waals surface area contributed by atoms with E-state index >= 15 is 0 Å². The molecular formula is C13H16Cl2N4S. The van der Waals surface area contributed by atoms with Gasteiger partial charge in [-0.3, -0.25) is 0 Å². The molecule has 20 heavy (non-hydrogen) atoms. The zero-order valence-electron chi connectivity index (χ0n) is 11.1. The fourth-order valence-electron chi connectivity index (χ4n) is 2.10. The summed E-state index contributed by atoms with van der Waals surface area (Å²) in [6, 6.07) is 4.02. The minimum absolute atomic E-state index is 0. The maximum atomic E-state index is 6.02. The number of hydrogen-bond acceptors (Lipinski definition) is 4. The molecule has 3 aromatic heterocycles. The molecule has 0 aliphatic rings. The van der Waals surface area contributed by atoms with Crippen molar-refractivity contribution in [2.45, 2.75) is 13.0 Å². The molecule has 0 aliphatic carbocycles. The fraction of sp³-hybridized carbons (Fsp3) is 0.231. The van der Waals surface area contributed by atoms with Crippen molar-refractivity contribution in [2.24, 2.45) is 12.8 Å². The van der Waals surface area contributed by atoms with Gasteiger partial charge in [-0.05, 0) is 19.1 Å². The standard InChI is InChI=1S/C13H14N4S.2ClH/c1-8(14)13-9(11-6-18-7-15-11)5-12-10(16-13)3-4-17(12)2;;/h3-8H,14H2,1-2H3;2*1H/t8-;;/m0../s1. The third-order valence-electron chi connectivity index (χ3n) is 3.04. The number of rotatable bonds is 2. The predicted octanol–water partition coefficient (Wildman–Crippen LogP) is 3.56. The normalized spacial score (nSPS) is 11.8. The number of pyridine rings is 1. The van der Waals surface area contributed by atoms with E-state index in [1.807, 2.05) is 37.1 Å². The summed E-state index contributed by atoms with van der Waals surface area (Å²) in [6.45, 7) is 1.95. The van der Waals surface area contributed by atoms with E-state index in [9.17, 15) is 0 Å². The van der Waals surface area contributed by atoms with Gasteiger partial charge in [-0.2, -0.15) is 0 Å².